The number of benzene rings is 1. The zero-order chi connectivity index (χ0) is 11.7. The molecule has 1 aromatic carbocycles. The molecule has 3 N–H and O–H groups in total. The summed E-state index contributed by atoms with van der Waals surface area (Å²) >= 11 is 3.49. The third-order valence-electron chi connectivity index (χ3n) is 2.75. The monoisotopic (exact) mass is 315 g/mol. The summed E-state index contributed by atoms with van der Waals surface area (Å²) in [5.74, 6) is -0.957. The molecule has 0 radical (unpaired) electrons. The van der Waals surface area contributed by atoms with Crippen LogP contribution in [0.3, 0.4) is 0 Å². The van der Waals surface area contributed by atoms with E-state index in [1.807, 2.05) is 12.1 Å². The summed E-state index contributed by atoms with van der Waals surface area (Å²) in [6.45, 7) is 0. The molecule has 0 aromatic heterocycles. The Balaban J connectivity index is 0.00000144. The van der Waals surface area contributed by atoms with Crippen molar-refractivity contribution in [1.29, 1.82) is 0 Å². The highest BCUT2D eigenvalue weighted by Crippen LogP contribution is 2.35. The quantitative estimate of drug-likeness (QED) is 0.899. The van der Waals surface area contributed by atoms with Gasteiger partial charge in [-0.3, -0.25) is 4.79 Å². The third kappa shape index (κ3) is 2.91. The summed E-state index contributed by atoms with van der Waals surface area (Å²) in [4.78, 5) is 10.7. The molecule has 3 nitrogen and oxygen atoms in total. The van der Waals surface area contributed by atoms with E-state index in [-0.39, 0.29) is 13.5 Å². The minimum absolute atomic E-state index is 0. The minimum Gasteiger partial charge on any atom is -0.480 e. The number of allylic oxidation sites excluding steroid dienone is 1. The van der Waals surface area contributed by atoms with Crippen molar-refractivity contribution in [2.24, 2.45) is 5.73 Å². The lowest BCUT2D eigenvalue weighted by Crippen LogP contribution is -2.30. The maximum Gasteiger partial charge on any atom is 0.320 e. The van der Waals surface area contributed by atoms with Crippen LogP contribution in [0.2, 0.25) is 0 Å². The SMILES string of the molecule is N[C@@H](CC1=CCc2cccc(Br)c21)C(=O)O.S. The molecule has 17 heavy (non-hydrogen) atoms. The maximum atomic E-state index is 10.7. The standard InChI is InChI=1S/C12H12BrNO2.H2S/c13-9-3-1-2-7-4-5-8(11(7)9)6-10(14)12(15)16;/h1-3,5,10H,4,6,14H2,(H,15,16);1H2/t10-;/m0./s1. The minimum atomic E-state index is -0.957. The molecular formula is C12H14BrNO2S. The van der Waals surface area contributed by atoms with E-state index < -0.39 is 12.0 Å². The summed E-state index contributed by atoms with van der Waals surface area (Å²) in [5, 5.41) is 8.80. The van der Waals surface area contributed by atoms with Crippen LogP contribution in [0.1, 0.15) is 17.5 Å². The van der Waals surface area contributed by atoms with E-state index in [9.17, 15) is 4.79 Å². The molecule has 0 unspecified atom stereocenters. The highest BCUT2D eigenvalue weighted by atomic mass is 79.9. The Morgan fingerprint density at radius 3 is 2.88 bits per heavy atom. The van der Waals surface area contributed by atoms with Crippen LogP contribution in [0.5, 0.6) is 0 Å². The van der Waals surface area contributed by atoms with Gasteiger partial charge in [-0.25, -0.2) is 0 Å². The Morgan fingerprint density at radius 1 is 1.53 bits per heavy atom. The molecule has 0 bridgehead atoms. The molecule has 0 heterocycles. The predicted molar refractivity (Wildman–Crippen MR) is 76.4 cm³/mol. The molecule has 0 spiro atoms. The first-order chi connectivity index (χ1) is 7.59. The van der Waals surface area contributed by atoms with E-state index in [4.69, 9.17) is 10.8 Å². The molecule has 0 saturated carbocycles. The zero-order valence-electron chi connectivity index (χ0n) is 9.11. The Morgan fingerprint density at radius 2 is 2.24 bits per heavy atom. The van der Waals surface area contributed by atoms with Gasteiger partial charge in [-0.05, 0) is 35.6 Å². The molecule has 92 valence electrons. The first-order valence-electron chi connectivity index (χ1n) is 5.05. The van der Waals surface area contributed by atoms with Gasteiger partial charge in [0.25, 0.3) is 0 Å². The van der Waals surface area contributed by atoms with E-state index in [1.165, 1.54) is 5.56 Å². The average Bonchev–Trinajstić information content (AvgIpc) is 2.63. The van der Waals surface area contributed by atoms with Gasteiger partial charge in [0.15, 0.2) is 0 Å². The van der Waals surface area contributed by atoms with Crippen LogP contribution >= 0.6 is 29.4 Å². The second kappa shape index (κ2) is 5.71. The van der Waals surface area contributed by atoms with Gasteiger partial charge in [-0.15, -0.1) is 0 Å². The van der Waals surface area contributed by atoms with Crippen molar-refractivity contribution in [3.05, 3.63) is 39.9 Å². The molecule has 2 rings (SSSR count). The van der Waals surface area contributed by atoms with E-state index in [0.717, 1.165) is 22.0 Å². The van der Waals surface area contributed by atoms with Gasteiger partial charge in [0.2, 0.25) is 0 Å². The van der Waals surface area contributed by atoms with Gasteiger partial charge in [-0.1, -0.05) is 34.1 Å². The van der Waals surface area contributed by atoms with Crippen molar-refractivity contribution in [3.8, 4) is 0 Å². The maximum absolute atomic E-state index is 10.7. The van der Waals surface area contributed by atoms with Gasteiger partial charge in [0, 0.05) is 4.47 Å². The second-order valence-electron chi connectivity index (χ2n) is 3.86. The molecule has 0 fully saturated rings. The highest BCUT2D eigenvalue weighted by molar-refractivity contribution is 9.10. The van der Waals surface area contributed by atoms with E-state index in [2.05, 4.69) is 28.1 Å². The number of aliphatic carboxylic acids is 1. The van der Waals surface area contributed by atoms with Crippen molar-refractivity contribution in [2.75, 3.05) is 0 Å². The van der Waals surface area contributed by atoms with Crippen molar-refractivity contribution < 1.29 is 9.90 Å². The number of fused-ring (bicyclic) bond motifs is 1. The van der Waals surface area contributed by atoms with Crippen LogP contribution in [0.15, 0.2) is 28.7 Å². The van der Waals surface area contributed by atoms with Gasteiger partial charge in [-0.2, -0.15) is 13.5 Å². The Bertz CT molecular complexity index is 474. The fourth-order valence-electron chi connectivity index (χ4n) is 1.94. The number of carboxylic acid groups (broad SMARTS) is 1. The summed E-state index contributed by atoms with van der Waals surface area (Å²) in [7, 11) is 0. The molecule has 0 saturated heterocycles. The molecule has 5 heteroatoms. The zero-order valence-corrected chi connectivity index (χ0v) is 11.7. The third-order valence-corrected chi connectivity index (χ3v) is 3.41. The van der Waals surface area contributed by atoms with Crippen molar-refractivity contribution in [2.45, 2.75) is 18.9 Å². The summed E-state index contributed by atoms with van der Waals surface area (Å²) < 4.78 is 1.01. The van der Waals surface area contributed by atoms with Crippen LogP contribution in [0.25, 0.3) is 5.57 Å². The number of hydrogen-bond acceptors (Lipinski definition) is 2. The van der Waals surface area contributed by atoms with Crippen LogP contribution in [-0.2, 0) is 11.2 Å². The lowest BCUT2D eigenvalue weighted by atomic mass is 10.0. The Kier molecular flexibility index (Phi) is 4.80. The van der Waals surface area contributed by atoms with Crippen LogP contribution in [0.4, 0.5) is 0 Å². The molecular weight excluding hydrogens is 302 g/mol. The van der Waals surface area contributed by atoms with E-state index in [1.54, 1.807) is 0 Å². The number of nitrogens with two attached hydrogens (primary N) is 1. The normalized spacial score (nSPS) is 14.6. The predicted octanol–water partition coefficient (Wildman–Crippen LogP) is 2.30. The number of halogens is 1. The molecule has 0 aliphatic heterocycles. The first kappa shape index (κ1) is 14.3. The van der Waals surface area contributed by atoms with Crippen molar-refractivity contribution >= 4 is 41.0 Å². The van der Waals surface area contributed by atoms with Crippen molar-refractivity contribution in [1.82, 2.24) is 0 Å². The molecule has 0 amide bonds. The summed E-state index contributed by atoms with van der Waals surface area (Å²) in [5.41, 5.74) is 8.91. The summed E-state index contributed by atoms with van der Waals surface area (Å²) in [6.07, 6.45) is 3.29. The van der Waals surface area contributed by atoms with E-state index >= 15 is 0 Å². The Labute approximate surface area is 115 Å². The topological polar surface area (TPSA) is 63.3 Å². The van der Waals surface area contributed by atoms with Gasteiger partial charge in [0.05, 0.1) is 0 Å². The number of rotatable bonds is 3. The van der Waals surface area contributed by atoms with Crippen LogP contribution in [0, 0.1) is 0 Å². The average molecular weight is 316 g/mol. The lowest BCUT2D eigenvalue weighted by Gasteiger charge is -2.10. The highest BCUT2D eigenvalue weighted by Gasteiger charge is 2.21. The molecule has 1 atom stereocenters. The largest absolute Gasteiger partial charge is 0.480 e. The summed E-state index contributed by atoms with van der Waals surface area (Å²) in [6, 6.07) is 5.17. The second-order valence-corrected chi connectivity index (χ2v) is 4.71. The lowest BCUT2D eigenvalue weighted by molar-refractivity contribution is -0.138. The Hall–Kier alpha value is -0.780. The van der Waals surface area contributed by atoms with Gasteiger partial charge < -0.3 is 10.8 Å². The fourth-order valence-corrected chi connectivity index (χ4v) is 2.61. The van der Waals surface area contributed by atoms with E-state index in [0.29, 0.717) is 6.42 Å². The van der Waals surface area contributed by atoms with Crippen LogP contribution < -0.4 is 5.73 Å². The van der Waals surface area contributed by atoms with Crippen LogP contribution in [-0.4, -0.2) is 17.1 Å². The van der Waals surface area contributed by atoms with Crippen molar-refractivity contribution in [3.63, 3.8) is 0 Å². The smallest absolute Gasteiger partial charge is 0.320 e. The molecule has 1 aromatic rings. The molecule has 1 aliphatic carbocycles. The number of carbonyl (C=O) groups is 1. The fraction of sp³-hybridized carbons (Fsp3) is 0.250. The van der Waals surface area contributed by atoms with Gasteiger partial charge >= 0.3 is 5.97 Å². The van der Waals surface area contributed by atoms with Gasteiger partial charge in [0.1, 0.15) is 6.04 Å². The number of carboxylic acids is 1. The molecule has 1 aliphatic rings. The first-order valence-corrected chi connectivity index (χ1v) is 5.84. The number of hydrogen-bond donors (Lipinski definition) is 2.